The molecule has 1 saturated carbocycles. The topological polar surface area (TPSA) is 93.1 Å². The molecule has 5 rings (SSSR count). The van der Waals surface area contributed by atoms with Gasteiger partial charge < -0.3 is 20.3 Å². The lowest BCUT2D eigenvalue weighted by molar-refractivity contribution is 0.0980. The summed E-state index contributed by atoms with van der Waals surface area (Å²) in [5.74, 6) is 5.65. The minimum absolute atomic E-state index is 0.0187. The summed E-state index contributed by atoms with van der Waals surface area (Å²) in [6.45, 7) is 3.55. The van der Waals surface area contributed by atoms with Gasteiger partial charge in [-0.05, 0) is 44.7 Å². The van der Waals surface area contributed by atoms with Crippen molar-refractivity contribution in [1.29, 1.82) is 0 Å². The van der Waals surface area contributed by atoms with Crippen molar-refractivity contribution >= 4 is 16.9 Å². The van der Waals surface area contributed by atoms with Gasteiger partial charge in [-0.25, -0.2) is 19.3 Å². The molecule has 1 unspecified atom stereocenters. The minimum Gasteiger partial charge on any atom is -0.378 e. The van der Waals surface area contributed by atoms with Crippen LogP contribution in [-0.4, -0.2) is 55.3 Å². The van der Waals surface area contributed by atoms with E-state index in [1.165, 1.54) is 0 Å². The Bertz CT molecular complexity index is 1200. The van der Waals surface area contributed by atoms with Crippen LogP contribution in [0.1, 0.15) is 31.5 Å². The van der Waals surface area contributed by atoms with E-state index in [0.717, 1.165) is 43.0 Å². The molecule has 1 aliphatic carbocycles. The molecule has 0 aromatic carbocycles. The van der Waals surface area contributed by atoms with Crippen LogP contribution >= 0.6 is 0 Å². The molecule has 7 nitrogen and oxygen atoms in total. The van der Waals surface area contributed by atoms with Gasteiger partial charge in [-0.15, -0.1) is 0 Å². The maximum Gasteiger partial charge on any atom is 0.220 e. The summed E-state index contributed by atoms with van der Waals surface area (Å²) >= 11 is 0. The zero-order chi connectivity index (χ0) is 21.0. The Labute approximate surface area is 173 Å². The summed E-state index contributed by atoms with van der Waals surface area (Å²) in [6, 6.07) is 2.11. The first-order chi connectivity index (χ1) is 14.3. The highest BCUT2D eigenvalue weighted by molar-refractivity contribution is 5.95. The van der Waals surface area contributed by atoms with E-state index in [-0.39, 0.29) is 23.6 Å². The van der Waals surface area contributed by atoms with Gasteiger partial charge in [0.2, 0.25) is 5.95 Å². The Morgan fingerprint density at radius 2 is 2.03 bits per heavy atom. The Kier molecular flexibility index (Phi) is 4.27. The van der Waals surface area contributed by atoms with E-state index in [4.69, 9.17) is 5.73 Å². The molecule has 8 heteroatoms. The van der Waals surface area contributed by atoms with E-state index < -0.39 is 11.4 Å². The number of fused-ring (bicyclic) bond motifs is 1. The van der Waals surface area contributed by atoms with Gasteiger partial charge in [0.1, 0.15) is 17.0 Å². The fraction of sp³-hybridized carbons (Fsp3) is 0.409. The largest absolute Gasteiger partial charge is 0.378 e. The van der Waals surface area contributed by atoms with Crippen molar-refractivity contribution < 1.29 is 9.50 Å². The number of aromatic nitrogens is 4. The van der Waals surface area contributed by atoms with Gasteiger partial charge in [0.15, 0.2) is 5.82 Å². The molecule has 3 aromatic rings. The molecule has 3 N–H and O–H groups in total. The first kappa shape index (κ1) is 19.0. The highest BCUT2D eigenvalue weighted by Gasteiger charge is 2.38. The van der Waals surface area contributed by atoms with E-state index in [0.29, 0.717) is 11.3 Å². The maximum atomic E-state index is 14.6. The number of aliphatic hydroxyl groups is 1. The molecule has 4 heterocycles. The highest BCUT2D eigenvalue weighted by Crippen LogP contribution is 2.39. The zero-order valence-electron chi connectivity index (χ0n) is 16.9. The van der Waals surface area contributed by atoms with E-state index in [1.807, 2.05) is 12.3 Å². The summed E-state index contributed by atoms with van der Waals surface area (Å²) in [4.78, 5) is 14.6. The second-order valence-corrected chi connectivity index (χ2v) is 8.51. The van der Waals surface area contributed by atoms with E-state index >= 15 is 0 Å². The second-order valence-electron chi connectivity index (χ2n) is 8.51. The van der Waals surface area contributed by atoms with Crippen LogP contribution in [0.5, 0.6) is 0 Å². The van der Waals surface area contributed by atoms with Crippen LogP contribution in [0, 0.1) is 23.6 Å². The van der Waals surface area contributed by atoms with Crippen LogP contribution in [0.4, 0.5) is 10.3 Å². The summed E-state index contributed by atoms with van der Waals surface area (Å²) in [7, 11) is 2.06. The molecule has 2 fully saturated rings. The Morgan fingerprint density at radius 1 is 1.27 bits per heavy atom. The van der Waals surface area contributed by atoms with Gasteiger partial charge >= 0.3 is 0 Å². The average Bonchev–Trinajstić information content (AvgIpc) is 3.49. The zero-order valence-corrected chi connectivity index (χ0v) is 16.9. The predicted octanol–water partition coefficient (Wildman–Crippen LogP) is 2.21. The third kappa shape index (κ3) is 3.30. The summed E-state index contributed by atoms with van der Waals surface area (Å²) in [5, 5.41) is 11.3. The lowest BCUT2D eigenvalue weighted by Gasteiger charge is -2.37. The predicted molar refractivity (Wildman–Crippen MR) is 112 cm³/mol. The summed E-state index contributed by atoms with van der Waals surface area (Å²) in [6.07, 6.45) is 6.74. The standard InChI is InChI=1S/C22H23FN6O/c1-22(30,13-3-4-13)6-5-14-7-16-17(20-18(23)8-26-21(24)27-20)12-29(19(16)9-25-14)15-10-28(2)11-15/h7-9,12-13,15,30H,3-4,10-11H2,1-2H3,(H2,24,26,27). The number of nitrogens with zero attached hydrogens (tertiary/aromatic N) is 5. The quantitative estimate of drug-likeness (QED) is 0.648. The van der Waals surface area contributed by atoms with E-state index in [2.05, 4.69) is 43.3 Å². The number of rotatable bonds is 3. The van der Waals surface area contributed by atoms with Crippen LogP contribution in [0.15, 0.2) is 24.7 Å². The Hall–Kier alpha value is -3.02. The number of likely N-dealkylation sites (tertiary alicyclic amines) is 1. The van der Waals surface area contributed by atoms with Gasteiger partial charge in [-0.1, -0.05) is 5.92 Å². The summed E-state index contributed by atoms with van der Waals surface area (Å²) in [5.41, 5.74) is 6.91. The van der Waals surface area contributed by atoms with Crippen LogP contribution in [0.3, 0.4) is 0 Å². The number of nitrogens with two attached hydrogens (primary N) is 1. The minimum atomic E-state index is -1.02. The number of nitrogen functional groups attached to an aromatic ring is 1. The smallest absolute Gasteiger partial charge is 0.220 e. The molecule has 154 valence electrons. The fourth-order valence-electron chi connectivity index (χ4n) is 4.06. The monoisotopic (exact) mass is 406 g/mol. The van der Waals surface area contributed by atoms with E-state index in [9.17, 15) is 9.50 Å². The number of hydrogen-bond donors (Lipinski definition) is 2. The normalized spacial score (nSPS) is 19.2. The van der Waals surface area contributed by atoms with Gasteiger partial charge in [0, 0.05) is 30.2 Å². The van der Waals surface area contributed by atoms with Crippen molar-refractivity contribution in [3.8, 4) is 23.1 Å². The summed E-state index contributed by atoms with van der Waals surface area (Å²) < 4.78 is 16.7. The number of likely N-dealkylation sites (N-methyl/N-ethyl adjacent to an activating group) is 1. The molecule has 0 radical (unpaired) electrons. The van der Waals surface area contributed by atoms with E-state index in [1.54, 1.807) is 13.1 Å². The van der Waals surface area contributed by atoms with Crippen molar-refractivity contribution in [2.75, 3.05) is 25.9 Å². The number of hydrogen-bond acceptors (Lipinski definition) is 6. The van der Waals surface area contributed by atoms with Gasteiger partial charge in [0.05, 0.1) is 24.0 Å². The van der Waals surface area contributed by atoms with Crippen molar-refractivity contribution in [1.82, 2.24) is 24.4 Å². The molecule has 1 saturated heterocycles. The lowest BCUT2D eigenvalue weighted by Crippen LogP contribution is -2.44. The third-order valence-electron chi connectivity index (χ3n) is 5.99. The molecule has 0 bridgehead atoms. The van der Waals surface area contributed by atoms with Crippen molar-refractivity contribution in [3.63, 3.8) is 0 Å². The maximum absolute atomic E-state index is 14.6. The number of anilines is 1. The van der Waals surface area contributed by atoms with Crippen molar-refractivity contribution in [2.24, 2.45) is 5.92 Å². The Morgan fingerprint density at radius 3 is 2.73 bits per heavy atom. The molecule has 2 aliphatic rings. The van der Waals surface area contributed by atoms with Crippen molar-refractivity contribution in [2.45, 2.75) is 31.4 Å². The van der Waals surface area contributed by atoms with Gasteiger partial charge in [-0.3, -0.25) is 0 Å². The molecular weight excluding hydrogens is 383 g/mol. The Balaban J connectivity index is 1.64. The fourth-order valence-corrected chi connectivity index (χ4v) is 4.06. The van der Waals surface area contributed by atoms with Crippen LogP contribution < -0.4 is 5.73 Å². The number of halogens is 1. The SMILES string of the molecule is CN1CC(n2cc(-c3nc(N)ncc3F)c3cc(C#CC(C)(O)C4CC4)ncc32)C1. The van der Waals surface area contributed by atoms with Crippen molar-refractivity contribution in [3.05, 3.63) is 36.2 Å². The first-order valence-electron chi connectivity index (χ1n) is 10.0. The third-order valence-corrected chi connectivity index (χ3v) is 5.99. The van der Waals surface area contributed by atoms with Gasteiger partial charge in [-0.2, -0.15) is 0 Å². The molecule has 0 spiro atoms. The highest BCUT2D eigenvalue weighted by atomic mass is 19.1. The average molecular weight is 406 g/mol. The van der Waals surface area contributed by atoms with Crippen LogP contribution in [0.2, 0.25) is 0 Å². The molecule has 0 amide bonds. The molecule has 3 aromatic heterocycles. The molecule has 1 atom stereocenters. The first-order valence-corrected chi connectivity index (χ1v) is 10.0. The lowest BCUT2D eigenvalue weighted by atomic mass is 10.0. The van der Waals surface area contributed by atoms with Crippen LogP contribution in [0.25, 0.3) is 22.2 Å². The second kappa shape index (κ2) is 6.76. The van der Waals surface area contributed by atoms with Crippen LogP contribution in [-0.2, 0) is 0 Å². The van der Waals surface area contributed by atoms with Gasteiger partial charge in [0.25, 0.3) is 0 Å². The number of pyridine rings is 1. The molecular formula is C22H23FN6O. The molecule has 30 heavy (non-hydrogen) atoms. The molecule has 1 aliphatic heterocycles.